The molecule has 2 atom stereocenters. The highest BCUT2D eigenvalue weighted by Crippen LogP contribution is 2.22. The van der Waals surface area contributed by atoms with Crippen molar-refractivity contribution in [3.05, 3.63) is 0 Å². The third-order valence-electron chi connectivity index (χ3n) is 3.58. The summed E-state index contributed by atoms with van der Waals surface area (Å²) < 4.78 is 16.4. The van der Waals surface area contributed by atoms with E-state index in [4.69, 9.17) is 9.84 Å². The molecule has 0 aromatic carbocycles. The van der Waals surface area contributed by atoms with Crippen molar-refractivity contribution in [2.24, 2.45) is 0 Å². The van der Waals surface area contributed by atoms with Gasteiger partial charge in [0.05, 0.1) is 6.10 Å². The number of carbonyl (C=O) groups is 2. The number of carbonyl (C=O) groups excluding carboxylic acids is 1. The third kappa shape index (κ3) is 3.06. The first-order valence-electron chi connectivity index (χ1n) is 6.19. The number of urea groups is 1. The molecule has 2 fully saturated rings. The van der Waals surface area contributed by atoms with Crippen LogP contribution in [0.1, 0.15) is 6.42 Å². The predicted molar refractivity (Wildman–Crippen MR) is 68.4 cm³/mol. The maximum absolute atomic E-state index is 12.3. The normalized spacial score (nSPS) is 28.7. The lowest BCUT2D eigenvalue weighted by Gasteiger charge is -2.32. The fourth-order valence-electron chi connectivity index (χ4n) is 2.42. The van der Waals surface area contributed by atoms with Gasteiger partial charge in [0, 0.05) is 55.5 Å². The lowest BCUT2D eigenvalue weighted by atomic mass is 10.2. The Morgan fingerprint density at radius 1 is 1.32 bits per heavy atom. The van der Waals surface area contributed by atoms with Crippen LogP contribution in [0, 0.1) is 0 Å². The van der Waals surface area contributed by atoms with Gasteiger partial charge in [-0.15, -0.1) is 0 Å². The zero-order valence-electron chi connectivity index (χ0n) is 10.8. The number of methoxy groups -OCH3 is 1. The van der Waals surface area contributed by atoms with Crippen LogP contribution in [0.2, 0.25) is 0 Å². The molecule has 0 aromatic heterocycles. The molecule has 2 heterocycles. The lowest BCUT2D eigenvalue weighted by Crippen LogP contribution is -2.51. The molecule has 2 unspecified atom stereocenters. The molecule has 0 aromatic rings. The van der Waals surface area contributed by atoms with E-state index in [-0.39, 0.29) is 12.1 Å². The molecular weight excluding hydrogens is 272 g/mol. The summed E-state index contributed by atoms with van der Waals surface area (Å²) in [4.78, 5) is 26.4. The fraction of sp³-hybridized carbons (Fsp3) is 0.818. The number of ether oxygens (including phenoxy) is 1. The molecule has 108 valence electrons. The van der Waals surface area contributed by atoms with E-state index in [1.54, 1.807) is 4.90 Å². The Bertz CT molecular complexity index is 393. The van der Waals surface area contributed by atoms with Crippen LogP contribution in [-0.2, 0) is 20.3 Å². The van der Waals surface area contributed by atoms with E-state index in [0.717, 1.165) is 0 Å². The zero-order valence-corrected chi connectivity index (χ0v) is 11.6. The van der Waals surface area contributed by atoms with Crippen molar-refractivity contribution in [3.8, 4) is 0 Å². The van der Waals surface area contributed by atoms with Crippen molar-refractivity contribution in [1.29, 1.82) is 0 Å². The number of aliphatic carboxylic acids is 1. The van der Waals surface area contributed by atoms with Gasteiger partial charge in [0.15, 0.2) is 0 Å². The van der Waals surface area contributed by atoms with Crippen LogP contribution < -0.4 is 0 Å². The van der Waals surface area contributed by atoms with Gasteiger partial charge in [-0.05, 0) is 0 Å². The molecule has 2 saturated heterocycles. The minimum Gasteiger partial charge on any atom is -0.480 e. The second-order valence-electron chi connectivity index (χ2n) is 4.72. The van der Waals surface area contributed by atoms with Crippen LogP contribution in [0.15, 0.2) is 0 Å². The van der Waals surface area contributed by atoms with E-state index in [0.29, 0.717) is 37.6 Å². The summed E-state index contributed by atoms with van der Waals surface area (Å²) in [5, 5.41) is 9.17. The molecule has 8 heteroatoms. The van der Waals surface area contributed by atoms with Crippen LogP contribution in [-0.4, -0.2) is 81.5 Å². The van der Waals surface area contributed by atoms with E-state index in [1.165, 1.54) is 12.0 Å². The number of hydrogen-bond acceptors (Lipinski definition) is 4. The Morgan fingerprint density at radius 3 is 2.47 bits per heavy atom. The van der Waals surface area contributed by atoms with Crippen LogP contribution in [0.3, 0.4) is 0 Å². The van der Waals surface area contributed by atoms with Crippen LogP contribution in [0.4, 0.5) is 4.79 Å². The first-order chi connectivity index (χ1) is 9.02. The fourth-order valence-corrected chi connectivity index (χ4v) is 3.48. The van der Waals surface area contributed by atoms with Crippen molar-refractivity contribution in [2.45, 2.75) is 18.6 Å². The van der Waals surface area contributed by atoms with E-state index >= 15 is 0 Å². The number of amides is 2. The van der Waals surface area contributed by atoms with Gasteiger partial charge in [-0.25, -0.2) is 9.59 Å². The van der Waals surface area contributed by atoms with Gasteiger partial charge in [0.2, 0.25) is 0 Å². The Balaban J connectivity index is 2.04. The number of carboxylic acids is 1. The molecule has 2 aliphatic rings. The van der Waals surface area contributed by atoms with Gasteiger partial charge >= 0.3 is 12.0 Å². The van der Waals surface area contributed by atoms with Crippen molar-refractivity contribution in [3.63, 3.8) is 0 Å². The smallest absolute Gasteiger partial charge is 0.326 e. The number of rotatable bonds is 2. The highest BCUT2D eigenvalue weighted by molar-refractivity contribution is 7.85. The Morgan fingerprint density at radius 2 is 1.95 bits per heavy atom. The van der Waals surface area contributed by atoms with Crippen molar-refractivity contribution < 1.29 is 23.6 Å². The second kappa shape index (κ2) is 5.87. The monoisotopic (exact) mass is 290 g/mol. The van der Waals surface area contributed by atoms with Gasteiger partial charge in [0.25, 0.3) is 0 Å². The molecule has 0 bridgehead atoms. The Labute approximate surface area is 114 Å². The van der Waals surface area contributed by atoms with Gasteiger partial charge in [-0.1, -0.05) is 0 Å². The molecule has 0 radical (unpaired) electrons. The quantitative estimate of drug-likeness (QED) is 0.730. The van der Waals surface area contributed by atoms with E-state index < -0.39 is 22.8 Å². The molecular formula is C11H18N2O5S. The molecule has 2 rings (SSSR count). The average molecular weight is 290 g/mol. The lowest BCUT2D eigenvalue weighted by molar-refractivity contribution is -0.141. The first kappa shape index (κ1) is 14.3. The van der Waals surface area contributed by atoms with Crippen LogP contribution in [0.25, 0.3) is 0 Å². The second-order valence-corrected chi connectivity index (χ2v) is 6.41. The van der Waals surface area contributed by atoms with Crippen molar-refractivity contribution in [2.75, 3.05) is 38.2 Å². The van der Waals surface area contributed by atoms with E-state index in [9.17, 15) is 13.8 Å². The minimum absolute atomic E-state index is 0.232. The van der Waals surface area contributed by atoms with E-state index in [2.05, 4.69) is 0 Å². The molecule has 0 spiro atoms. The summed E-state index contributed by atoms with van der Waals surface area (Å²) in [6, 6.07) is -1.12. The van der Waals surface area contributed by atoms with Gasteiger partial charge in [-0.2, -0.15) is 0 Å². The number of hydrogen-bond donors (Lipinski definition) is 1. The summed E-state index contributed by atoms with van der Waals surface area (Å²) in [7, 11) is 0.657. The van der Waals surface area contributed by atoms with Crippen molar-refractivity contribution in [1.82, 2.24) is 9.80 Å². The zero-order chi connectivity index (χ0) is 14.0. The Hall–Kier alpha value is -1.15. The highest BCUT2D eigenvalue weighted by atomic mass is 32.2. The molecule has 2 aliphatic heterocycles. The minimum atomic E-state index is -1.01. The summed E-state index contributed by atoms with van der Waals surface area (Å²) >= 11 is 0. The Kier molecular flexibility index (Phi) is 4.41. The largest absolute Gasteiger partial charge is 0.480 e. The molecule has 2 amide bonds. The number of carboxylic acid groups (broad SMARTS) is 1. The molecule has 19 heavy (non-hydrogen) atoms. The van der Waals surface area contributed by atoms with E-state index in [1.807, 2.05) is 0 Å². The maximum Gasteiger partial charge on any atom is 0.326 e. The van der Waals surface area contributed by atoms with Crippen molar-refractivity contribution >= 4 is 22.8 Å². The number of likely N-dealkylation sites (tertiary alicyclic amines) is 1. The molecule has 1 N–H and O–H groups in total. The molecule has 0 saturated carbocycles. The van der Waals surface area contributed by atoms with Gasteiger partial charge in [-0.3, -0.25) is 4.21 Å². The summed E-state index contributed by atoms with van der Waals surface area (Å²) in [6.07, 6.45) is 0.0844. The first-order valence-corrected chi connectivity index (χ1v) is 7.68. The third-order valence-corrected chi connectivity index (χ3v) is 4.85. The summed E-state index contributed by atoms with van der Waals surface area (Å²) in [5.41, 5.74) is 0. The predicted octanol–water partition coefficient (Wildman–Crippen LogP) is -0.655. The average Bonchev–Trinajstić information content (AvgIpc) is 2.83. The van der Waals surface area contributed by atoms with Crippen LogP contribution in [0.5, 0.6) is 0 Å². The van der Waals surface area contributed by atoms with Gasteiger partial charge in [0.1, 0.15) is 6.04 Å². The standard InChI is InChI=1S/C11H18N2O5S/c1-18-8-6-9(10(14)15)13(7-8)11(16)12-2-4-19(17)5-3-12/h8-9H,2-7H2,1H3,(H,14,15). The summed E-state index contributed by atoms with van der Waals surface area (Å²) in [6.45, 7) is 1.14. The van der Waals surface area contributed by atoms with Crippen LogP contribution >= 0.6 is 0 Å². The highest BCUT2D eigenvalue weighted by Gasteiger charge is 2.41. The molecule has 7 nitrogen and oxygen atoms in total. The number of nitrogens with zero attached hydrogens (tertiary/aromatic N) is 2. The SMILES string of the molecule is COC1CC(C(=O)O)N(C(=O)N2CCS(=O)CC2)C1. The maximum atomic E-state index is 12.3. The molecule has 0 aliphatic carbocycles. The topological polar surface area (TPSA) is 87.2 Å². The van der Waals surface area contributed by atoms with Gasteiger partial charge < -0.3 is 19.6 Å². The summed E-state index contributed by atoms with van der Waals surface area (Å²) in [5.74, 6) is -0.0794.